The van der Waals surface area contributed by atoms with Gasteiger partial charge in [-0.25, -0.2) is 4.39 Å². The van der Waals surface area contributed by atoms with E-state index in [1.807, 2.05) is 0 Å². The fourth-order valence-electron chi connectivity index (χ4n) is 2.10. The maximum absolute atomic E-state index is 13.5. The molecule has 2 aromatic rings. The van der Waals surface area contributed by atoms with Gasteiger partial charge in [-0.15, -0.1) is 0 Å². The van der Waals surface area contributed by atoms with E-state index in [1.165, 1.54) is 38.1 Å². The summed E-state index contributed by atoms with van der Waals surface area (Å²) in [7, 11) is 0. The van der Waals surface area contributed by atoms with Gasteiger partial charge in [-0.05, 0) is 38.1 Å². The van der Waals surface area contributed by atoms with E-state index in [0.29, 0.717) is 0 Å². The number of halogens is 2. The highest BCUT2D eigenvalue weighted by Gasteiger charge is 2.21. The zero-order valence-electron chi connectivity index (χ0n) is 15.2. The van der Waals surface area contributed by atoms with E-state index in [1.54, 1.807) is 24.3 Å². The van der Waals surface area contributed by atoms with E-state index in [4.69, 9.17) is 16.3 Å². The summed E-state index contributed by atoms with van der Waals surface area (Å²) in [5.41, 5.74) is 4.56. The average molecular weight is 408 g/mol. The second kappa shape index (κ2) is 9.70. The molecule has 0 saturated carbocycles. The first-order valence-corrected chi connectivity index (χ1v) is 8.73. The van der Waals surface area contributed by atoms with Crippen molar-refractivity contribution < 1.29 is 23.5 Å². The number of amides is 3. The smallest absolute Gasteiger partial charge is 0.279 e. The van der Waals surface area contributed by atoms with Gasteiger partial charge < -0.3 is 10.1 Å². The molecule has 0 bridgehead atoms. The Kier molecular flexibility index (Phi) is 7.34. The predicted molar refractivity (Wildman–Crippen MR) is 101 cm³/mol. The molecular weight excluding hydrogens is 389 g/mol. The molecular formula is C19H19ClFN3O4. The van der Waals surface area contributed by atoms with Crippen molar-refractivity contribution in [2.75, 3.05) is 0 Å². The summed E-state index contributed by atoms with van der Waals surface area (Å²) in [6, 6.07) is 11.1. The summed E-state index contributed by atoms with van der Waals surface area (Å²) in [5.74, 6) is -2.58. The standard InChI is InChI=1S/C19H19ClFN3O4/c1-11(22-19(27)13-7-3-4-8-14(13)20)17(25)23-24-18(26)12(2)28-16-10-6-5-9-15(16)21/h3-12H,1-2H3,(H,22,27)(H,23,25)(H,24,26). The predicted octanol–water partition coefficient (Wildman–Crippen LogP) is 2.21. The Morgan fingerprint density at radius 2 is 1.57 bits per heavy atom. The van der Waals surface area contributed by atoms with Gasteiger partial charge in [-0.2, -0.15) is 0 Å². The van der Waals surface area contributed by atoms with Gasteiger partial charge in [0, 0.05) is 0 Å². The van der Waals surface area contributed by atoms with Crippen LogP contribution >= 0.6 is 11.6 Å². The Hall–Kier alpha value is -3.13. The van der Waals surface area contributed by atoms with Crippen molar-refractivity contribution in [3.8, 4) is 5.75 Å². The number of carbonyl (C=O) groups excluding carboxylic acids is 3. The molecule has 0 aromatic heterocycles. The Morgan fingerprint density at radius 3 is 2.25 bits per heavy atom. The van der Waals surface area contributed by atoms with Gasteiger partial charge in [0.1, 0.15) is 6.04 Å². The normalized spacial score (nSPS) is 12.4. The van der Waals surface area contributed by atoms with Gasteiger partial charge in [0.15, 0.2) is 17.7 Å². The van der Waals surface area contributed by atoms with Gasteiger partial charge in [0.25, 0.3) is 17.7 Å². The molecule has 0 aliphatic carbocycles. The molecule has 9 heteroatoms. The Labute approximate surface area is 166 Å². The summed E-state index contributed by atoms with van der Waals surface area (Å²) >= 11 is 5.94. The molecule has 7 nitrogen and oxygen atoms in total. The van der Waals surface area contributed by atoms with Gasteiger partial charge in [-0.1, -0.05) is 35.9 Å². The first-order chi connectivity index (χ1) is 13.3. The van der Waals surface area contributed by atoms with Crippen LogP contribution in [0.25, 0.3) is 0 Å². The van der Waals surface area contributed by atoms with E-state index in [0.717, 1.165) is 0 Å². The van der Waals surface area contributed by atoms with Crippen LogP contribution in [0.5, 0.6) is 5.75 Å². The maximum atomic E-state index is 13.5. The lowest BCUT2D eigenvalue weighted by Crippen LogP contribution is -2.53. The lowest BCUT2D eigenvalue weighted by Gasteiger charge is -2.18. The summed E-state index contributed by atoms with van der Waals surface area (Å²) < 4.78 is 18.8. The SMILES string of the molecule is CC(NC(=O)c1ccccc1Cl)C(=O)NNC(=O)C(C)Oc1ccccc1F. The zero-order chi connectivity index (χ0) is 20.7. The largest absolute Gasteiger partial charge is 0.478 e. The third-order valence-electron chi connectivity index (χ3n) is 3.68. The number of rotatable bonds is 6. The van der Waals surface area contributed by atoms with Crippen molar-refractivity contribution in [1.29, 1.82) is 0 Å². The van der Waals surface area contributed by atoms with Crippen molar-refractivity contribution in [3.05, 3.63) is 64.9 Å². The van der Waals surface area contributed by atoms with Gasteiger partial charge >= 0.3 is 0 Å². The number of hydrogen-bond donors (Lipinski definition) is 3. The van der Waals surface area contributed by atoms with Crippen LogP contribution in [0.15, 0.2) is 48.5 Å². The minimum absolute atomic E-state index is 0.0863. The van der Waals surface area contributed by atoms with Crippen molar-refractivity contribution in [1.82, 2.24) is 16.2 Å². The summed E-state index contributed by atoms with van der Waals surface area (Å²) in [4.78, 5) is 36.2. The highest BCUT2D eigenvalue weighted by atomic mass is 35.5. The number of hydrazine groups is 1. The van der Waals surface area contributed by atoms with E-state index in [-0.39, 0.29) is 16.3 Å². The lowest BCUT2D eigenvalue weighted by atomic mass is 10.2. The first kappa shape index (κ1) is 21.2. The monoisotopic (exact) mass is 407 g/mol. The van der Waals surface area contributed by atoms with Crippen molar-refractivity contribution in [2.24, 2.45) is 0 Å². The molecule has 3 N–H and O–H groups in total. The summed E-state index contributed by atoms with van der Waals surface area (Å²) in [6.45, 7) is 2.84. The molecule has 3 amide bonds. The number of nitrogens with one attached hydrogen (secondary N) is 3. The topological polar surface area (TPSA) is 96.5 Å². The molecule has 2 aromatic carbocycles. The summed E-state index contributed by atoms with van der Waals surface area (Å²) in [5, 5.41) is 2.72. The number of benzene rings is 2. The number of carbonyl (C=O) groups is 3. The number of ether oxygens (including phenoxy) is 1. The number of hydrogen-bond acceptors (Lipinski definition) is 4. The highest BCUT2D eigenvalue weighted by Crippen LogP contribution is 2.17. The molecule has 0 aliphatic rings. The molecule has 2 unspecified atom stereocenters. The van der Waals surface area contributed by atoms with Crippen LogP contribution in [-0.2, 0) is 9.59 Å². The lowest BCUT2D eigenvalue weighted by molar-refractivity contribution is -0.133. The molecule has 0 radical (unpaired) electrons. The van der Waals surface area contributed by atoms with Crippen molar-refractivity contribution in [3.63, 3.8) is 0 Å². The fourth-order valence-corrected chi connectivity index (χ4v) is 2.32. The summed E-state index contributed by atoms with van der Waals surface area (Å²) in [6.07, 6.45) is -1.06. The molecule has 2 rings (SSSR count). The third-order valence-corrected chi connectivity index (χ3v) is 4.01. The molecule has 0 saturated heterocycles. The van der Waals surface area contributed by atoms with Crippen LogP contribution in [0.4, 0.5) is 4.39 Å². The second-order valence-corrected chi connectivity index (χ2v) is 6.25. The minimum atomic E-state index is -1.06. The molecule has 0 fully saturated rings. The van der Waals surface area contributed by atoms with E-state index in [2.05, 4.69) is 16.2 Å². The molecule has 28 heavy (non-hydrogen) atoms. The van der Waals surface area contributed by atoms with Gasteiger partial charge in [-0.3, -0.25) is 25.2 Å². The quantitative estimate of drug-likeness (QED) is 0.640. The van der Waals surface area contributed by atoms with Crippen LogP contribution < -0.4 is 20.9 Å². The third kappa shape index (κ3) is 5.68. The Morgan fingerprint density at radius 1 is 0.964 bits per heavy atom. The molecule has 148 valence electrons. The van der Waals surface area contributed by atoms with Crippen molar-refractivity contribution in [2.45, 2.75) is 26.0 Å². The molecule has 0 spiro atoms. The van der Waals surface area contributed by atoms with E-state index in [9.17, 15) is 18.8 Å². The number of para-hydroxylation sites is 1. The molecule has 2 atom stereocenters. The zero-order valence-corrected chi connectivity index (χ0v) is 15.9. The average Bonchev–Trinajstić information content (AvgIpc) is 2.67. The van der Waals surface area contributed by atoms with Crippen molar-refractivity contribution >= 4 is 29.3 Å². The van der Waals surface area contributed by atoms with Crippen LogP contribution in [0.2, 0.25) is 5.02 Å². The molecule has 0 heterocycles. The minimum Gasteiger partial charge on any atom is -0.478 e. The van der Waals surface area contributed by atoms with Crippen LogP contribution in [0, 0.1) is 5.82 Å². The fraction of sp³-hybridized carbons (Fsp3) is 0.211. The highest BCUT2D eigenvalue weighted by molar-refractivity contribution is 6.33. The maximum Gasteiger partial charge on any atom is 0.279 e. The van der Waals surface area contributed by atoms with Crippen LogP contribution in [0.1, 0.15) is 24.2 Å². The van der Waals surface area contributed by atoms with E-state index >= 15 is 0 Å². The first-order valence-electron chi connectivity index (χ1n) is 8.36. The Bertz CT molecular complexity index is 878. The molecule has 0 aliphatic heterocycles. The van der Waals surface area contributed by atoms with Gasteiger partial charge in [0.2, 0.25) is 0 Å². The Balaban J connectivity index is 1.83. The second-order valence-electron chi connectivity index (χ2n) is 5.84. The van der Waals surface area contributed by atoms with Gasteiger partial charge in [0.05, 0.1) is 10.6 Å². The van der Waals surface area contributed by atoms with E-state index < -0.39 is 35.7 Å². The van der Waals surface area contributed by atoms with Crippen LogP contribution in [0.3, 0.4) is 0 Å². The van der Waals surface area contributed by atoms with Crippen LogP contribution in [-0.4, -0.2) is 29.9 Å².